The lowest BCUT2D eigenvalue weighted by molar-refractivity contribution is 0.302. The van der Waals surface area contributed by atoms with Crippen LogP contribution >= 0.6 is 11.6 Å². The number of tetrazole rings is 1. The highest BCUT2D eigenvalue weighted by atomic mass is 35.5. The van der Waals surface area contributed by atoms with E-state index in [1.807, 2.05) is 41.0 Å². The molecule has 6 aromatic rings. The van der Waals surface area contributed by atoms with Gasteiger partial charge in [0.05, 0.1) is 29.5 Å². The van der Waals surface area contributed by atoms with Gasteiger partial charge in [0.25, 0.3) is 5.56 Å². The van der Waals surface area contributed by atoms with Gasteiger partial charge in [0.1, 0.15) is 30.5 Å². The lowest BCUT2D eigenvalue weighted by Crippen LogP contribution is -2.25. The molecule has 9 rings (SSSR count). The van der Waals surface area contributed by atoms with Crippen molar-refractivity contribution < 1.29 is 4.74 Å². The third-order valence-corrected chi connectivity index (χ3v) is 8.22. The monoisotopic (exact) mass is 559 g/mol. The molecule has 12 heteroatoms. The highest BCUT2D eigenvalue weighted by molar-refractivity contribution is 6.31. The van der Waals surface area contributed by atoms with Gasteiger partial charge in [0.2, 0.25) is 0 Å². The van der Waals surface area contributed by atoms with Crippen molar-refractivity contribution in [3.63, 3.8) is 0 Å². The average Bonchev–Trinajstić information content (AvgIpc) is 3.50. The summed E-state index contributed by atoms with van der Waals surface area (Å²) in [5, 5.41) is 19.3. The van der Waals surface area contributed by atoms with E-state index in [1.54, 1.807) is 29.2 Å². The molecule has 0 spiro atoms. The number of H-pyrrole nitrogens is 2. The minimum absolute atomic E-state index is 0.0950. The Morgan fingerprint density at radius 1 is 1.02 bits per heavy atom. The van der Waals surface area contributed by atoms with Gasteiger partial charge >= 0.3 is 0 Å². The lowest BCUT2D eigenvalue weighted by atomic mass is 10.0. The van der Waals surface area contributed by atoms with Crippen molar-refractivity contribution in [1.29, 1.82) is 0 Å². The van der Waals surface area contributed by atoms with Crippen LogP contribution in [0.5, 0.6) is 5.75 Å². The van der Waals surface area contributed by atoms with Crippen molar-refractivity contribution in [2.45, 2.75) is 18.6 Å². The van der Waals surface area contributed by atoms with E-state index in [4.69, 9.17) is 21.3 Å². The molecule has 0 saturated heterocycles. The molecule has 2 aromatic carbocycles. The van der Waals surface area contributed by atoms with Crippen LogP contribution in [0, 0.1) is 0 Å². The molecule has 6 heterocycles. The molecule has 198 valence electrons. The molecule has 1 aliphatic carbocycles. The summed E-state index contributed by atoms with van der Waals surface area (Å²) in [6.07, 6.45) is 7.29. The maximum atomic E-state index is 13.6. The number of nitrogens with one attached hydrogen (secondary N) is 2. The molecule has 3 aliphatic rings. The van der Waals surface area contributed by atoms with Crippen LogP contribution in [0.15, 0.2) is 83.7 Å². The number of hydrogen-bond acceptors (Lipinski definition) is 7. The summed E-state index contributed by atoms with van der Waals surface area (Å²) < 4.78 is 9.36. The largest absolute Gasteiger partial charge is 0.488 e. The first-order valence-corrected chi connectivity index (χ1v) is 13.4. The summed E-state index contributed by atoms with van der Waals surface area (Å²) in [6, 6.07) is 14.9. The zero-order chi connectivity index (χ0) is 27.2. The molecular weight excluding hydrogens is 542 g/mol. The van der Waals surface area contributed by atoms with E-state index < -0.39 is 0 Å². The van der Waals surface area contributed by atoms with Crippen LogP contribution in [-0.4, -0.2) is 44.9 Å². The third-order valence-electron chi connectivity index (χ3n) is 7.98. The smallest absolute Gasteiger partial charge is 0.252 e. The van der Waals surface area contributed by atoms with E-state index >= 15 is 0 Å². The van der Waals surface area contributed by atoms with E-state index in [9.17, 15) is 4.79 Å². The number of benzene rings is 2. The molecule has 0 bridgehead atoms. The summed E-state index contributed by atoms with van der Waals surface area (Å²) in [7, 11) is 0. The van der Waals surface area contributed by atoms with Crippen LogP contribution in [0.4, 0.5) is 0 Å². The second-order valence-electron chi connectivity index (χ2n) is 10.3. The Balaban J connectivity index is 1.09. The number of imidazole rings is 1. The fourth-order valence-electron chi connectivity index (χ4n) is 6.02. The molecule has 41 heavy (non-hydrogen) atoms. The molecule has 0 radical (unpaired) electrons. The molecule has 2 aliphatic heterocycles. The molecule has 0 amide bonds. The topological polar surface area (TPSA) is 132 Å². The molecule has 2 unspecified atom stereocenters. The Morgan fingerprint density at radius 2 is 1.98 bits per heavy atom. The van der Waals surface area contributed by atoms with E-state index in [2.05, 4.69) is 36.8 Å². The van der Waals surface area contributed by atoms with Gasteiger partial charge in [-0.3, -0.25) is 14.5 Å². The molecule has 0 fully saturated rings. The molecular formula is C29H18ClN9O2. The van der Waals surface area contributed by atoms with E-state index in [0.717, 1.165) is 61.9 Å². The highest BCUT2D eigenvalue weighted by Gasteiger charge is 2.46. The average molecular weight is 560 g/mol. The van der Waals surface area contributed by atoms with Crippen molar-refractivity contribution in [2.75, 3.05) is 0 Å². The molecule has 2 N–H and O–H groups in total. The zero-order valence-electron chi connectivity index (χ0n) is 21.1. The molecule has 2 atom stereocenters. The summed E-state index contributed by atoms with van der Waals surface area (Å²) >= 11 is 6.36. The van der Waals surface area contributed by atoms with Crippen LogP contribution in [0.25, 0.3) is 39.3 Å². The lowest BCUT2D eigenvalue weighted by Gasteiger charge is -2.18. The SMILES string of the molecule is O=c1cc(-c2cc(Cl)ccc2-n2cnnn2)cc2n1C(c1ncc(-c3ccc4c(c3)OCc3cn[nH]c3-4)[nH]1)C1=CC12. The molecule has 11 nitrogen and oxygen atoms in total. The van der Waals surface area contributed by atoms with Crippen molar-refractivity contribution >= 4 is 11.6 Å². The first kappa shape index (κ1) is 22.5. The van der Waals surface area contributed by atoms with E-state index in [0.29, 0.717) is 17.5 Å². The first-order chi connectivity index (χ1) is 20.1. The zero-order valence-corrected chi connectivity index (χ0v) is 21.9. The number of nitrogens with zero attached hydrogens (tertiary/aromatic N) is 7. The normalized spacial score (nSPS) is 17.7. The summed E-state index contributed by atoms with van der Waals surface area (Å²) in [4.78, 5) is 21.8. The van der Waals surface area contributed by atoms with Crippen LogP contribution < -0.4 is 10.3 Å². The van der Waals surface area contributed by atoms with Crippen LogP contribution in [-0.2, 0) is 6.61 Å². The Labute approximate surface area is 236 Å². The van der Waals surface area contributed by atoms with Crippen molar-refractivity contribution in [3.05, 3.63) is 111 Å². The second kappa shape index (κ2) is 8.12. The van der Waals surface area contributed by atoms with E-state index in [-0.39, 0.29) is 17.5 Å². The number of hydrogen-bond donors (Lipinski definition) is 2. The maximum absolute atomic E-state index is 13.6. The van der Waals surface area contributed by atoms with Gasteiger partial charge in [-0.25, -0.2) is 4.98 Å². The molecule has 4 aromatic heterocycles. The number of aromatic nitrogens is 9. The van der Waals surface area contributed by atoms with Gasteiger partial charge < -0.3 is 9.72 Å². The van der Waals surface area contributed by atoms with Crippen molar-refractivity contribution in [2.24, 2.45) is 0 Å². The van der Waals surface area contributed by atoms with Gasteiger partial charge in [0, 0.05) is 45.0 Å². The highest BCUT2D eigenvalue weighted by Crippen LogP contribution is 2.54. The number of ether oxygens (including phenoxy) is 1. The van der Waals surface area contributed by atoms with Gasteiger partial charge in [-0.05, 0) is 58.0 Å². The quantitative estimate of drug-likeness (QED) is 0.305. The fraction of sp³-hybridized carbons (Fsp3) is 0.103. The predicted octanol–water partition coefficient (Wildman–Crippen LogP) is 4.44. The minimum atomic E-state index is -0.287. The fourth-order valence-corrected chi connectivity index (χ4v) is 6.19. The Morgan fingerprint density at radius 3 is 2.88 bits per heavy atom. The van der Waals surface area contributed by atoms with Gasteiger partial charge in [-0.15, -0.1) is 5.10 Å². The van der Waals surface area contributed by atoms with Gasteiger partial charge in [0.15, 0.2) is 0 Å². The Bertz CT molecular complexity index is 2120. The van der Waals surface area contributed by atoms with Crippen molar-refractivity contribution in [1.82, 2.24) is 44.9 Å². The third kappa shape index (κ3) is 3.32. The van der Waals surface area contributed by atoms with Gasteiger partial charge in [-0.1, -0.05) is 23.7 Å². The Hall–Kier alpha value is -5.29. The number of rotatable bonds is 4. The van der Waals surface area contributed by atoms with Crippen LogP contribution in [0.2, 0.25) is 5.02 Å². The van der Waals surface area contributed by atoms with Crippen LogP contribution in [0.1, 0.15) is 29.0 Å². The standard InChI is InChI=1S/C29H18ClN9O2/c30-17-2-4-23(38-13-33-36-37-38)19(8-17)15-5-24-20-9-21(20)28(39(24)26(40)7-15)29-31-11-22(34-29)14-1-3-18-25(6-14)41-12-16-10-32-35-27(16)18/h1-11,13,20,28H,12H2,(H,31,34)(H,32,35). The molecule has 0 saturated carbocycles. The van der Waals surface area contributed by atoms with E-state index in [1.165, 1.54) is 6.33 Å². The van der Waals surface area contributed by atoms with Crippen molar-refractivity contribution in [3.8, 4) is 45.1 Å². The van der Waals surface area contributed by atoms with Gasteiger partial charge in [-0.2, -0.15) is 9.78 Å². The minimum Gasteiger partial charge on any atom is -0.488 e. The number of aromatic amines is 2. The Kier molecular flexibility index (Phi) is 4.46. The maximum Gasteiger partial charge on any atom is 0.252 e. The number of pyridine rings is 1. The number of allylic oxidation sites excluding steroid dienone is 2. The van der Waals surface area contributed by atoms with Crippen LogP contribution in [0.3, 0.4) is 0 Å². The summed E-state index contributed by atoms with van der Waals surface area (Å²) in [5.74, 6) is 1.60. The number of halogens is 1. The summed E-state index contributed by atoms with van der Waals surface area (Å²) in [6.45, 7) is 0.474. The summed E-state index contributed by atoms with van der Waals surface area (Å²) in [5.41, 5.74) is 9.02. The number of fused-ring (bicyclic) bond motifs is 6. The first-order valence-electron chi connectivity index (χ1n) is 13.0. The second-order valence-corrected chi connectivity index (χ2v) is 10.7. The predicted molar refractivity (Wildman–Crippen MR) is 149 cm³/mol.